The van der Waals surface area contributed by atoms with E-state index in [-0.39, 0.29) is 0 Å². The van der Waals surface area contributed by atoms with Crippen LogP contribution in [0, 0.1) is 0 Å². The van der Waals surface area contributed by atoms with Crippen molar-refractivity contribution in [2.75, 3.05) is 30.9 Å². The van der Waals surface area contributed by atoms with Crippen LogP contribution >= 0.6 is 0 Å². The number of nitrogens with zero attached hydrogens (tertiary/aromatic N) is 5. The van der Waals surface area contributed by atoms with Crippen LogP contribution in [0.25, 0.3) is 11.2 Å². The van der Waals surface area contributed by atoms with Gasteiger partial charge in [0.25, 0.3) is 0 Å². The minimum Gasteiger partial charge on any atom is -0.372 e. The van der Waals surface area contributed by atoms with Crippen LogP contribution in [-0.2, 0) is 0 Å². The van der Waals surface area contributed by atoms with E-state index in [9.17, 15) is 0 Å². The second kappa shape index (κ2) is 6.13. The monoisotopic (exact) mass is 299 g/mol. The molecule has 7 nitrogen and oxygen atoms in total. The Labute approximate surface area is 129 Å². The van der Waals surface area contributed by atoms with Gasteiger partial charge in [0, 0.05) is 20.6 Å². The van der Waals surface area contributed by atoms with E-state index < -0.39 is 0 Å². The molecule has 22 heavy (non-hydrogen) atoms. The second-order valence-electron chi connectivity index (χ2n) is 5.17. The van der Waals surface area contributed by atoms with Gasteiger partial charge in [-0.3, -0.25) is 10.1 Å². The number of piperidine rings is 1. The lowest BCUT2D eigenvalue weighted by Crippen LogP contribution is -2.34. The Bertz CT molecular complexity index is 729. The van der Waals surface area contributed by atoms with Gasteiger partial charge in [0.1, 0.15) is 5.82 Å². The molecule has 0 aliphatic carbocycles. The Morgan fingerprint density at radius 2 is 2.36 bits per heavy atom. The lowest BCUT2D eigenvalue weighted by molar-refractivity contribution is 0.774. The van der Waals surface area contributed by atoms with Crippen LogP contribution in [-0.4, -0.2) is 46.5 Å². The summed E-state index contributed by atoms with van der Waals surface area (Å²) in [6, 6.07) is 0. The van der Waals surface area contributed by atoms with Gasteiger partial charge in [-0.2, -0.15) is 5.10 Å². The van der Waals surface area contributed by atoms with E-state index in [1.54, 1.807) is 6.20 Å². The zero-order valence-electron chi connectivity index (χ0n) is 13.2. The van der Waals surface area contributed by atoms with Crippen LogP contribution < -0.4 is 10.2 Å². The maximum atomic E-state index is 4.51. The van der Waals surface area contributed by atoms with Crippen LogP contribution in [0.4, 0.5) is 11.6 Å². The van der Waals surface area contributed by atoms with Crippen molar-refractivity contribution in [1.29, 1.82) is 0 Å². The highest BCUT2D eigenvalue weighted by Gasteiger charge is 2.25. The highest BCUT2D eigenvalue weighted by atomic mass is 15.3. The highest BCUT2D eigenvalue weighted by molar-refractivity contribution is 6.05. The smallest absolute Gasteiger partial charge is 0.183 e. The largest absolute Gasteiger partial charge is 0.372 e. The molecule has 2 aromatic rings. The standard InChI is InChI=1S/C15H21N7/c1-4-6-11-10(16-2)7-5-8-22(11)15-13-14(20-21-15)19-12(17-3)9-18-13/h6,9H,4-5,7-8H2,1-3H3,(H2,17,19,20,21)/b11-6+,16-10?. The third-order valence-electron chi connectivity index (χ3n) is 3.81. The van der Waals surface area contributed by atoms with Gasteiger partial charge in [0.2, 0.25) is 0 Å². The molecule has 0 bridgehead atoms. The Kier molecular flexibility index (Phi) is 4.04. The van der Waals surface area contributed by atoms with E-state index in [1.807, 2.05) is 14.1 Å². The third-order valence-corrected chi connectivity index (χ3v) is 3.81. The molecule has 2 N–H and O–H groups in total. The Hall–Kier alpha value is -2.44. The molecule has 1 saturated heterocycles. The summed E-state index contributed by atoms with van der Waals surface area (Å²) in [5.41, 5.74) is 3.75. The number of fused-ring (bicyclic) bond motifs is 1. The summed E-state index contributed by atoms with van der Waals surface area (Å²) in [5, 5.41) is 10.4. The van der Waals surface area contributed by atoms with Gasteiger partial charge in [-0.15, -0.1) is 0 Å². The number of aromatic nitrogens is 4. The van der Waals surface area contributed by atoms with E-state index in [0.717, 1.165) is 54.4 Å². The van der Waals surface area contributed by atoms with Gasteiger partial charge in [0.05, 0.1) is 17.6 Å². The number of hydrogen-bond acceptors (Lipinski definition) is 6. The highest BCUT2D eigenvalue weighted by Crippen LogP contribution is 2.29. The summed E-state index contributed by atoms with van der Waals surface area (Å²) in [5.74, 6) is 1.55. The number of hydrogen-bond donors (Lipinski definition) is 2. The lowest BCUT2D eigenvalue weighted by atomic mass is 10.0. The molecule has 7 heteroatoms. The van der Waals surface area contributed by atoms with Gasteiger partial charge in [-0.25, -0.2) is 9.97 Å². The van der Waals surface area contributed by atoms with Crippen LogP contribution in [0.2, 0.25) is 0 Å². The fourth-order valence-corrected chi connectivity index (χ4v) is 2.77. The Morgan fingerprint density at radius 3 is 3.09 bits per heavy atom. The molecule has 1 aliphatic rings. The number of allylic oxidation sites excluding steroid dienone is 2. The van der Waals surface area contributed by atoms with Crippen LogP contribution in [0.15, 0.2) is 23.0 Å². The van der Waals surface area contributed by atoms with Gasteiger partial charge >= 0.3 is 0 Å². The first-order chi connectivity index (χ1) is 10.8. The maximum absolute atomic E-state index is 4.51. The van der Waals surface area contributed by atoms with Crippen molar-refractivity contribution in [3.63, 3.8) is 0 Å². The maximum Gasteiger partial charge on any atom is 0.183 e. The van der Waals surface area contributed by atoms with E-state index in [2.05, 4.69) is 48.4 Å². The molecule has 3 rings (SSSR count). The molecule has 0 unspecified atom stereocenters. The summed E-state index contributed by atoms with van der Waals surface area (Å²) >= 11 is 0. The van der Waals surface area contributed by atoms with Gasteiger partial charge < -0.3 is 10.2 Å². The summed E-state index contributed by atoms with van der Waals surface area (Å²) in [6.07, 6.45) is 6.96. The first kappa shape index (κ1) is 14.5. The predicted octanol–water partition coefficient (Wildman–Crippen LogP) is 2.36. The average Bonchev–Trinajstić information content (AvgIpc) is 2.98. The SMILES string of the molecule is CC/C=C1\C(=NC)CCCN1c1n[nH]c2nc(NC)cnc12. The number of aromatic amines is 1. The molecule has 0 aromatic carbocycles. The van der Waals surface area contributed by atoms with Crippen LogP contribution in [0.5, 0.6) is 0 Å². The summed E-state index contributed by atoms with van der Waals surface area (Å²) < 4.78 is 0. The molecule has 0 spiro atoms. The molecular weight excluding hydrogens is 278 g/mol. The fourth-order valence-electron chi connectivity index (χ4n) is 2.77. The molecule has 1 fully saturated rings. The zero-order valence-corrected chi connectivity index (χ0v) is 13.2. The number of nitrogens with one attached hydrogen (secondary N) is 2. The predicted molar refractivity (Wildman–Crippen MR) is 89.5 cm³/mol. The van der Waals surface area contributed by atoms with Crippen molar-refractivity contribution in [3.05, 3.63) is 18.0 Å². The van der Waals surface area contributed by atoms with Crippen molar-refractivity contribution in [2.24, 2.45) is 4.99 Å². The topological polar surface area (TPSA) is 82.1 Å². The first-order valence-corrected chi connectivity index (χ1v) is 7.61. The molecule has 3 heterocycles. The van der Waals surface area contributed by atoms with Crippen molar-refractivity contribution in [2.45, 2.75) is 26.2 Å². The average molecular weight is 299 g/mol. The molecule has 1 aliphatic heterocycles. The molecule has 0 atom stereocenters. The minimum atomic E-state index is 0.693. The number of H-pyrrole nitrogens is 1. The Morgan fingerprint density at radius 1 is 1.50 bits per heavy atom. The molecule has 0 saturated carbocycles. The van der Waals surface area contributed by atoms with E-state index in [0.29, 0.717) is 5.65 Å². The van der Waals surface area contributed by atoms with Crippen molar-refractivity contribution in [3.8, 4) is 0 Å². The van der Waals surface area contributed by atoms with E-state index >= 15 is 0 Å². The van der Waals surface area contributed by atoms with Crippen molar-refractivity contribution >= 4 is 28.5 Å². The minimum absolute atomic E-state index is 0.693. The first-order valence-electron chi connectivity index (χ1n) is 7.61. The normalized spacial score (nSPS) is 19.3. The molecular formula is C15H21N7. The quantitative estimate of drug-likeness (QED) is 0.909. The summed E-state index contributed by atoms with van der Waals surface area (Å²) in [7, 11) is 3.67. The summed E-state index contributed by atoms with van der Waals surface area (Å²) in [4.78, 5) is 15.6. The van der Waals surface area contributed by atoms with Crippen molar-refractivity contribution in [1.82, 2.24) is 20.2 Å². The molecule has 116 valence electrons. The molecule has 0 radical (unpaired) electrons. The van der Waals surface area contributed by atoms with Crippen molar-refractivity contribution < 1.29 is 0 Å². The van der Waals surface area contributed by atoms with Crippen LogP contribution in [0.1, 0.15) is 26.2 Å². The second-order valence-corrected chi connectivity index (χ2v) is 5.17. The number of aliphatic imine (C=N–C) groups is 1. The van der Waals surface area contributed by atoms with Gasteiger partial charge in [-0.05, 0) is 19.3 Å². The van der Waals surface area contributed by atoms with Crippen LogP contribution in [0.3, 0.4) is 0 Å². The van der Waals surface area contributed by atoms with E-state index in [4.69, 9.17) is 0 Å². The molecule has 0 amide bonds. The lowest BCUT2D eigenvalue weighted by Gasteiger charge is -2.30. The fraction of sp³-hybridized carbons (Fsp3) is 0.467. The third kappa shape index (κ3) is 2.43. The zero-order chi connectivity index (χ0) is 15.5. The van der Waals surface area contributed by atoms with Gasteiger partial charge in [-0.1, -0.05) is 13.0 Å². The van der Waals surface area contributed by atoms with Gasteiger partial charge in [0.15, 0.2) is 17.0 Å². The molecule has 2 aromatic heterocycles. The number of anilines is 2. The number of rotatable bonds is 3. The Balaban J connectivity index is 2.07. The summed E-state index contributed by atoms with van der Waals surface area (Å²) in [6.45, 7) is 3.05. The van der Waals surface area contributed by atoms with E-state index in [1.165, 1.54) is 0 Å².